The monoisotopic (exact) mass is 571 g/mol. The number of nitrogens with one attached hydrogen (secondary N) is 2. The lowest BCUT2D eigenvalue weighted by molar-refractivity contribution is 0.318. The van der Waals surface area contributed by atoms with Crippen molar-refractivity contribution in [2.75, 3.05) is 13.2 Å². The van der Waals surface area contributed by atoms with Gasteiger partial charge >= 0.3 is 0 Å². The maximum Gasteiger partial charge on any atom is 0.277 e. The van der Waals surface area contributed by atoms with E-state index in [1.165, 1.54) is 12.1 Å². The number of hydrogen-bond acceptors (Lipinski definition) is 6. The van der Waals surface area contributed by atoms with Gasteiger partial charge in [-0.2, -0.15) is 0 Å². The minimum absolute atomic E-state index is 0.0352. The van der Waals surface area contributed by atoms with Crippen LogP contribution in [-0.4, -0.2) is 41.2 Å². The Balaban J connectivity index is 1.71. The van der Waals surface area contributed by atoms with E-state index in [1.54, 1.807) is 23.6 Å². The smallest absolute Gasteiger partial charge is 0.277 e. The number of fused-ring (bicyclic) bond motifs is 1. The SMILES string of the molecule is CCCCc1nc(C)c2c(=O)[nH]c(-c3cc(S(=O)(=O)NCCc4c(C)cccc4Cl)ccc3OCCC)nn12. The van der Waals surface area contributed by atoms with Crippen molar-refractivity contribution in [3.63, 3.8) is 0 Å². The highest BCUT2D eigenvalue weighted by Crippen LogP contribution is 2.30. The molecule has 0 spiro atoms. The summed E-state index contributed by atoms with van der Waals surface area (Å²) in [6.45, 7) is 8.38. The number of nitrogens with zero attached hydrogens (tertiary/aromatic N) is 3. The summed E-state index contributed by atoms with van der Waals surface area (Å²) in [5.41, 5.74) is 2.89. The van der Waals surface area contributed by atoms with Crippen molar-refractivity contribution in [1.82, 2.24) is 24.3 Å². The Morgan fingerprint density at radius 1 is 1.10 bits per heavy atom. The van der Waals surface area contributed by atoms with Crippen LogP contribution in [0.15, 0.2) is 46.1 Å². The Bertz CT molecular complexity index is 1630. The standard InChI is InChI=1S/C28H34ClN5O4S/c1-5-7-11-25-31-19(4)26-28(35)32-27(33-34(25)26)22-17-20(12-13-24(22)38-16-6-2)39(36,37)30-15-14-21-18(3)9-8-10-23(21)29/h8-10,12-13,17,30H,5-7,11,14-16H2,1-4H3,(H,32,33,35). The third-order valence-electron chi connectivity index (χ3n) is 6.50. The molecule has 4 rings (SSSR count). The Morgan fingerprint density at radius 3 is 2.62 bits per heavy atom. The summed E-state index contributed by atoms with van der Waals surface area (Å²) in [7, 11) is -3.88. The van der Waals surface area contributed by atoms with Crippen LogP contribution in [0.1, 0.15) is 55.8 Å². The van der Waals surface area contributed by atoms with Gasteiger partial charge in [0.1, 0.15) is 11.6 Å². The topological polar surface area (TPSA) is 118 Å². The van der Waals surface area contributed by atoms with Gasteiger partial charge in [0.25, 0.3) is 5.56 Å². The van der Waals surface area contributed by atoms with Gasteiger partial charge in [0, 0.05) is 18.0 Å². The molecule has 4 aromatic rings. The van der Waals surface area contributed by atoms with Crippen molar-refractivity contribution < 1.29 is 13.2 Å². The van der Waals surface area contributed by atoms with Crippen molar-refractivity contribution in [1.29, 1.82) is 0 Å². The van der Waals surface area contributed by atoms with Gasteiger partial charge in [0.15, 0.2) is 11.3 Å². The molecule has 2 N–H and O–H groups in total. The molecule has 0 aliphatic carbocycles. The number of halogens is 1. The molecule has 11 heteroatoms. The molecule has 2 aromatic heterocycles. The maximum atomic E-state index is 13.3. The lowest BCUT2D eigenvalue weighted by Crippen LogP contribution is -2.26. The van der Waals surface area contributed by atoms with Crippen molar-refractivity contribution in [2.24, 2.45) is 0 Å². The van der Waals surface area contributed by atoms with E-state index in [-0.39, 0.29) is 22.8 Å². The fraction of sp³-hybridized carbons (Fsp3) is 0.393. The normalized spacial score (nSPS) is 11.8. The Kier molecular flexibility index (Phi) is 9.09. The van der Waals surface area contributed by atoms with E-state index in [1.807, 2.05) is 26.0 Å². The molecule has 2 aromatic carbocycles. The van der Waals surface area contributed by atoms with Crippen LogP contribution in [0.3, 0.4) is 0 Å². The van der Waals surface area contributed by atoms with E-state index in [4.69, 9.17) is 16.3 Å². The van der Waals surface area contributed by atoms with E-state index in [2.05, 4.69) is 26.7 Å². The summed E-state index contributed by atoms with van der Waals surface area (Å²) >= 11 is 6.31. The van der Waals surface area contributed by atoms with Crippen LogP contribution < -0.4 is 15.0 Å². The van der Waals surface area contributed by atoms with E-state index in [0.29, 0.717) is 52.8 Å². The first-order chi connectivity index (χ1) is 18.7. The second-order valence-corrected chi connectivity index (χ2v) is 11.6. The van der Waals surface area contributed by atoms with Gasteiger partial charge in [-0.15, -0.1) is 5.10 Å². The van der Waals surface area contributed by atoms with Gasteiger partial charge in [-0.3, -0.25) is 4.79 Å². The molecule has 0 aliphatic heterocycles. The summed E-state index contributed by atoms with van der Waals surface area (Å²) in [5, 5.41) is 5.29. The minimum Gasteiger partial charge on any atom is -0.493 e. The molecule has 0 fully saturated rings. The number of H-pyrrole nitrogens is 1. The fourth-order valence-corrected chi connectivity index (χ4v) is 5.80. The zero-order valence-corrected chi connectivity index (χ0v) is 24.2. The molecule has 208 valence electrons. The lowest BCUT2D eigenvalue weighted by atomic mass is 10.1. The molecular formula is C28H34ClN5O4S. The molecular weight excluding hydrogens is 538 g/mol. The number of sulfonamides is 1. The molecule has 0 radical (unpaired) electrons. The largest absolute Gasteiger partial charge is 0.493 e. The molecule has 0 saturated carbocycles. The minimum atomic E-state index is -3.88. The molecule has 0 amide bonds. The Hall–Kier alpha value is -3.21. The molecule has 2 heterocycles. The highest BCUT2D eigenvalue weighted by Gasteiger charge is 2.21. The third kappa shape index (κ3) is 6.34. The molecule has 0 unspecified atom stereocenters. The molecule has 0 saturated heterocycles. The summed E-state index contributed by atoms with van der Waals surface area (Å²) in [6.07, 6.45) is 3.75. The third-order valence-corrected chi connectivity index (χ3v) is 8.31. The average molecular weight is 572 g/mol. The number of aromatic nitrogens is 4. The van der Waals surface area contributed by atoms with Crippen LogP contribution in [0, 0.1) is 13.8 Å². The quantitative estimate of drug-likeness (QED) is 0.247. The van der Waals surface area contributed by atoms with E-state index in [0.717, 1.165) is 30.4 Å². The zero-order chi connectivity index (χ0) is 28.2. The number of unbranched alkanes of at least 4 members (excludes halogenated alkanes) is 1. The maximum absolute atomic E-state index is 13.3. The van der Waals surface area contributed by atoms with Crippen LogP contribution in [0.2, 0.25) is 5.02 Å². The Labute approximate surface area is 233 Å². The predicted octanol–water partition coefficient (Wildman–Crippen LogP) is 5.01. The van der Waals surface area contributed by atoms with Gasteiger partial charge in [0.05, 0.1) is 22.8 Å². The van der Waals surface area contributed by atoms with Gasteiger partial charge in [-0.05, 0) is 68.5 Å². The first-order valence-corrected chi connectivity index (χ1v) is 15.0. The van der Waals surface area contributed by atoms with Crippen molar-refractivity contribution in [3.8, 4) is 17.1 Å². The van der Waals surface area contributed by atoms with Crippen molar-refractivity contribution in [3.05, 3.63) is 74.4 Å². The number of aryl methyl sites for hydroxylation is 3. The number of imidazole rings is 1. The number of rotatable bonds is 12. The first kappa shape index (κ1) is 28.8. The lowest BCUT2D eigenvalue weighted by Gasteiger charge is -2.14. The zero-order valence-electron chi connectivity index (χ0n) is 22.7. The summed E-state index contributed by atoms with van der Waals surface area (Å²) in [5.74, 6) is 1.32. The summed E-state index contributed by atoms with van der Waals surface area (Å²) in [6, 6.07) is 10.2. The van der Waals surface area contributed by atoms with Gasteiger partial charge in [-0.1, -0.05) is 44.0 Å². The second-order valence-electron chi connectivity index (χ2n) is 9.47. The number of ether oxygens (including phenoxy) is 1. The summed E-state index contributed by atoms with van der Waals surface area (Å²) < 4.78 is 36.7. The summed E-state index contributed by atoms with van der Waals surface area (Å²) in [4.78, 5) is 20.5. The average Bonchev–Trinajstić information content (AvgIpc) is 3.23. The van der Waals surface area contributed by atoms with Gasteiger partial charge < -0.3 is 9.72 Å². The highest BCUT2D eigenvalue weighted by atomic mass is 35.5. The van der Waals surface area contributed by atoms with Gasteiger partial charge in [-0.25, -0.2) is 22.6 Å². The van der Waals surface area contributed by atoms with Crippen LogP contribution in [0.4, 0.5) is 0 Å². The molecule has 0 bridgehead atoms. The molecule has 39 heavy (non-hydrogen) atoms. The van der Waals surface area contributed by atoms with E-state index >= 15 is 0 Å². The fourth-order valence-electron chi connectivity index (χ4n) is 4.43. The van der Waals surface area contributed by atoms with Crippen molar-refractivity contribution >= 4 is 27.1 Å². The number of benzene rings is 2. The predicted molar refractivity (Wildman–Crippen MR) is 153 cm³/mol. The molecule has 9 nitrogen and oxygen atoms in total. The molecule has 0 aliphatic rings. The van der Waals surface area contributed by atoms with Crippen LogP contribution in [0.5, 0.6) is 5.75 Å². The van der Waals surface area contributed by atoms with Gasteiger partial charge in [0.2, 0.25) is 10.0 Å². The molecule has 0 atom stereocenters. The highest BCUT2D eigenvalue weighted by molar-refractivity contribution is 7.89. The Morgan fingerprint density at radius 2 is 1.90 bits per heavy atom. The van der Waals surface area contributed by atoms with E-state index < -0.39 is 10.0 Å². The van der Waals surface area contributed by atoms with E-state index in [9.17, 15) is 13.2 Å². The van der Waals surface area contributed by atoms with Crippen LogP contribution in [-0.2, 0) is 22.9 Å². The number of aromatic amines is 1. The van der Waals surface area contributed by atoms with Crippen LogP contribution >= 0.6 is 11.6 Å². The first-order valence-electron chi connectivity index (χ1n) is 13.2. The number of hydrogen-bond donors (Lipinski definition) is 2. The van der Waals surface area contributed by atoms with Crippen LogP contribution in [0.25, 0.3) is 16.9 Å². The second kappa shape index (κ2) is 12.3. The van der Waals surface area contributed by atoms with Crippen molar-refractivity contribution in [2.45, 2.75) is 64.7 Å².